The van der Waals surface area contributed by atoms with Gasteiger partial charge in [-0.2, -0.15) is 0 Å². The Labute approximate surface area is 203 Å². The molecule has 1 fully saturated rings. The van der Waals surface area contributed by atoms with Gasteiger partial charge in [-0.1, -0.05) is 61.5 Å². The predicted octanol–water partition coefficient (Wildman–Crippen LogP) is 5.10. The first-order valence-electron chi connectivity index (χ1n) is 11.7. The summed E-state index contributed by atoms with van der Waals surface area (Å²) < 4.78 is 0. The number of carbonyl (C=O) groups excluding carboxylic acids is 2. The second-order valence-corrected chi connectivity index (χ2v) is 8.74. The molecule has 0 radical (unpaired) electrons. The third-order valence-corrected chi connectivity index (χ3v) is 6.68. The fourth-order valence-corrected chi connectivity index (χ4v) is 4.75. The van der Waals surface area contributed by atoms with Crippen LogP contribution in [-0.4, -0.2) is 38.3 Å². The van der Waals surface area contributed by atoms with Gasteiger partial charge in [0.25, 0.3) is 11.7 Å². The van der Waals surface area contributed by atoms with Crippen molar-refractivity contribution >= 4 is 28.4 Å². The Morgan fingerprint density at radius 2 is 1.69 bits per heavy atom. The third-order valence-electron chi connectivity index (χ3n) is 6.68. The van der Waals surface area contributed by atoms with Crippen molar-refractivity contribution in [2.75, 3.05) is 6.54 Å². The van der Waals surface area contributed by atoms with Crippen molar-refractivity contribution in [2.45, 2.75) is 25.8 Å². The van der Waals surface area contributed by atoms with Crippen LogP contribution in [0.2, 0.25) is 0 Å². The molecule has 1 aliphatic heterocycles. The quantitative estimate of drug-likeness (QED) is 0.209. The minimum Gasteiger partial charge on any atom is -0.508 e. The molecule has 3 aromatic carbocycles. The summed E-state index contributed by atoms with van der Waals surface area (Å²) in [6, 6.07) is 20.9. The number of phenolic OH excluding ortho intramolecular Hbond substituents is 1. The monoisotopic (exact) mass is 466 g/mol. The molecule has 0 saturated carbocycles. The number of aliphatic hydroxyl groups excluding tert-OH is 1. The van der Waals surface area contributed by atoms with E-state index in [1.165, 1.54) is 17.0 Å². The molecule has 3 N–H and O–H groups in total. The van der Waals surface area contributed by atoms with Crippen LogP contribution in [0, 0.1) is 0 Å². The molecule has 4 aromatic rings. The number of aryl methyl sites for hydroxylation is 1. The number of nitrogens with zero attached hydrogens (tertiary/aromatic N) is 1. The van der Waals surface area contributed by atoms with Crippen molar-refractivity contribution in [2.24, 2.45) is 0 Å². The molecule has 1 saturated heterocycles. The van der Waals surface area contributed by atoms with Gasteiger partial charge in [0.15, 0.2) is 0 Å². The highest BCUT2D eigenvalue weighted by molar-refractivity contribution is 6.46. The van der Waals surface area contributed by atoms with Crippen LogP contribution in [0.1, 0.15) is 35.2 Å². The van der Waals surface area contributed by atoms with E-state index >= 15 is 0 Å². The standard InChI is InChI=1S/C29H26N2O4/c1-2-18-7-9-20(10-8-18)27(33)25-26(19-11-13-22(32)14-12-19)31(29(35)28(25)34)16-15-21-17-30-24-6-4-3-5-23(21)24/h3-14,17,26,30,32-33H,2,15-16H2,1H3/b27-25+. The second-order valence-electron chi connectivity index (χ2n) is 8.74. The number of para-hydroxylation sites is 1. The summed E-state index contributed by atoms with van der Waals surface area (Å²) in [5, 5.41) is 22.1. The molecule has 1 atom stereocenters. The molecule has 1 aromatic heterocycles. The fraction of sp³-hybridized carbons (Fsp3) is 0.172. The van der Waals surface area contributed by atoms with E-state index < -0.39 is 17.7 Å². The van der Waals surface area contributed by atoms with E-state index in [-0.39, 0.29) is 17.1 Å². The maximum Gasteiger partial charge on any atom is 0.295 e. The first kappa shape index (κ1) is 22.5. The zero-order valence-corrected chi connectivity index (χ0v) is 19.4. The van der Waals surface area contributed by atoms with Crippen LogP contribution in [-0.2, 0) is 22.4 Å². The molecule has 1 amide bonds. The molecule has 35 heavy (non-hydrogen) atoms. The lowest BCUT2D eigenvalue weighted by Gasteiger charge is -2.25. The number of hydrogen-bond acceptors (Lipinski definition) is 4. The Bertz CT molecular complexity index is 1430. The van der Waals surface area contributed by atoms with Gasteiger partial charge in [0.2, 0.25) is 0 Å². The summed E-state index contributed by atoms with van der Waals surface area (Å²) in [4.78, 5) is 31.2. The molecule has 176 valence electrons. The Morgan fingerprint density at radius 1 is 0.971 bits per heavy atom. The van der Waals surface area contributed by atoms with Gasteiger partial charge < -0.3 is 20.1 Å². The highest BCUT2D eigenvalue weighted by Crippen LogP contribution is 2.40. The van der Waals surface area contributed by atoms with Crippen molar-refractivity contribution in [3.05, 3.63) is 107 Å². The Balaban J connectivity index is 1.55. The largest absolute Gasteiger partial charge is 0.508 e. The van der Waals surface area contributed by atoms with Crippen LogP contribution >= 0.6 is 0 Å². The molecule has 0 aliphatic carbocycles. The van der Waals surface area contributed by atoms with Gasteiger partial charge in [-0.05, 0) is 47.7 Å². The van der Waals surface area contributed by atoms with Crippen molar-refractivity contribution in [3.63, 3.8) is 0 Å². The average Bonchev–Trinajstić information content (AvgIpc) is 3.41. The number of aromatic nitrogens is 1. The van der Waals surface area contributed by atoms with Gasteiger partial charge in [-0.25, -0.2) is 0 Å². The van der Waals surface area contributed by atoms with E-state index in [2.05, 4.69) is 4.98 Å². The van der Waals surface area contributed by atoms with Crippen molar-refractivity contribution in [3.8, 4) is 5.75 Å². The van der Waals surface area contributed by atoms with Gasteiger partial charge in [-0.3, -0.25) is 9.59 Å². The Hall–Kier alpha value is -4.32. The van der Waals surface area contributed by atoms with E-state index in [0.29, 0.717) is 24.1 Å². The number of amides is 1. The van der Waals surface area contributed by atoms with E-state index in [4.69, 9.17) is 0 Å². The highest BCUT2D eigenvalue weighted by atomic mass is 16.3. The smallest absolute Gasteiger partial charge is 0.295 e. The third kappa shape index (κ3) is 4.08. The van der Waals surface area contributed by atoms with Crippen molar-refractivity contribution < 1.29 is 19.8 Å². The first-order valence-corrected chi connectivity index (χ1v) is 11.7. The number of ketones is 1. The minimum atomic E-state index is -0.758. The van der Waals surface area contributed by atoms with E-state index in [1.807, 2.05) is 49.5 Å². The summed E-state index contributed by atoms with van der Waals surface area (Å²) >= 11 is 0. The summed E-state index contributed by atoms with van der Waals surface area (Å²) in [5.41, 5.74) is 4.35. The molecule has 6 nitrogen and oxygen atoms in total. The van der Waals surface area contributed by atoms with E-state index in [0.717, 1.165) is 28.5 Å². The number of aromatic amines is 1. The number of hydrogen-bond donors (Lipinski definition) is 3. The number of fused-ring (bicyclic) bond motifs is 1. The SMILES string of the molecule is CCc1ccc(/C(O)=C2\C(=O)C(=O)N(CCc3c[nH]c4ccccc34)C2c2ccc(O)cc2)cc1. The summed E-state index contributed by atoms with van der Waals surface area (Å²) in [5.74, 6) is -1.47. The lowest BCUT2D eigenvalue weighted by atomic mass is 9.94. The highest BCUT2D eigenvalue weighted by Gasteiger charge is 2.45. The number of nitrogens with one attached hydrogen (secondary N) is 1. The summed E-state index contributed by atoms with van der Waals surface area (Å²) in [7, 11) is 0. The summed E-state index contributed by atoms with van der Waals surface area (Å²) in [6.45, 7) is 2.34. The van der Waals surface area contributed by atoms with E-state index in [1.54, 1.807) is 24.3 Å². The number of rotatable bonds is 6. The number of phenols is 1. The van der Waals surface area contributed by atoms with Crippen LogP contribution in [0.5, 0.6) is 5.75 Å². The molecule has 0 bridgehead atoms. The fourth-order valence-electron chi connectivity index (χ4n) is 4.75. The number of H-pyrrole nitrogens is 1. The number of likely N-dealkylation sites (tertiary alicyclic amines) is 1. The normalized spacial score (nSPS) is 17.4. The van der Waals surface area contributed by atoms with Crippen molar-refractivity contribution in [1.29, 1.82) is 0 Å². The molecule has 1 unspecified atom stereocenters. The summed E-state index contributed by atoms with van der Waals surface area (Å²) in [6.07, 6.45) is 3.32. The molecular formula is C29H26N2O4. The molecule has 6 heteroatoms. The van der Waals surface area contributed by atoms with Gasteiger partial charge >= 0.3 is 0 Å². The predicted molar refractivity (Wildman–Crippen MR) is 135 cm³/mol. The number of carbonyl (C=O) groups is 2. The Kier molecular flexibility index (Phi) is 5.87. The minimum absolute atomic E-state index is 0.0591. The maximum absolute atomic E-state index is 13.2. The molecule has 0 spiro atoms. The van der Waals surface area contributed by atoms with Crippen LogP contribution in [0.15, 0.2) is 84.6 Å². The number of aliphatic hydroxyl groups is 1. The lowest BCUT2D eigenvalue weighted by Crippen LogP contribution is -2.31. The van der Waals surface area contributed by atoms with E-state index in [9.17, 15) is 19.8 Å². The van der Waals surface area contributed by atoms with Crippen LogP contribution in [0.25, 0.3) is 16.7 Å². The average molecular weight is 467 g/mol. The van der Waals surface area contributed by atoms with Crippen LogP contribution in [0.3, 0.4) is 0 Å². The van der Waals surface area contributed by atoms with Gasteiger partial charge in [-0.15, -0.1) is 0 Å². The zero-order chi connectivity index (χ0) is 24.5. The number of Topliss-reactive ketones (excluding diaryl/α,β-unsaturated/α-hetero) is 1. The molecule has 5 rings (SSSR count). The number of benzene rings is 3. The molecule has 1 aliphatic rings. The second kappa shape index (κ2) is 9.14. The number of aromatic hydroxyl groups is 1. The van der Waals surface area contributed by atoms with Gasteiger partial charge in [0.1, 0.15) is 11.5 Å². The first-order chi connectivity index (χ1) is 17.0. The topological polar surface area (TPSA) is 93.6 Å². The molecule has 2 heterocycles. The maximum atomic E-state index is 13.2. The Morgan fingerprint density at radius 3 is 2.40 bits per heavy atom. The lowest BCUT2D eigenvalue weighted by molar-refractivity contribution is -0.139. The van der Waals surface area contributed by atoms with Crippen molar-refractivity contribution in [1.82, 2.24) is 9.88 Å². The van der Waals surface area contributed by atoms with Crippen LogP contribution < -0.4 is 0 Å². The van der Waals surface area contributed by atoms with Gasteiger partial charge in [0.05, 0.1) is 11.6 Å². The van der Waals surface area contributed by atoms with Crippen LogP contribution in [0.4, 0.5) is 0 Å². The molecular weight excluding hydrogens is 440 g/mol. The zero-order valence-electron chi connectivity index (χ0n) is 19.4. The van der Waals surface area contributed by atoms with Gasteiger partial charge in [0, 0.05) is 29.2 Å².